The summed E-state index contributed by atoms with van der Waals surface area (Å²) in [5.41, 5.74) is 5.02. The molecule has 4 aromatic rings. The first kappa shape index (κ1) is 18.3. The predicted octanol–water partition coefficient (Wildman–Crippen LogP) is 4.77. The molecule has 3 aromatic carbocycles. The molecule has 0 amide bonds. The van der Waals surface area contributed by atoms with Crippen LogP contribution in [0.4, 0.5) is 17.5 Å². The first-order valence-electron chi connectivity index (χ1n) is 10.2. The second kappa shape index (κ2) is 8.33. The molecule has 0 saturated carbocycles. The Bertz CT molecular complexity index is 1110. The molecule has 0 aliphatic carbocycles. The zero-order valence-corrected chi connectivity index (χ0v) is 16.7. The molecular formula is C25H23N5. The normalized spacial score (nSPS) is 13.0. The number of benzene rings is 3. The number of hydrogen-bond donors (Lipinski definition) is 0. The average Bonchev–Trinajstić information content (AvgIpc) is 2.83. The average molecular weight is 393 g/mol. The number of nitrogens with zero attached hydrogens (tertiary/aromatic N) is 5. The number of aromatic nitrogens is 3. The molecule has 2 heterocycles. The summed E-state index contributed by atoms with van der Waals surface area (Å²) < 4.78 is 0. The lowest BCUT2D eigenvalue weighted by atomic mass is 10.0. The molecule has 0 N–H and O–H groups in total. The molecule has 0 saturated heterocycles. The third-order valence-electron chi connectivity index (χ3n) is 5.48. The molecule has 5 rings (SSSR count). The Hall–Kier alpha value is -3.73. The van der Waals surface area contributed by atoms with E-state index in [1.165, 1.54) is 16.7 Å². The van der Waals surface area contributed by atoms with Crippen LogP contribution in [0.5, 0.6) is 0 Å². The van der Waals surface area contributed by atoms with Gasteiger partial charge in [-0.15, -0.1) is 5.10 Å². The van der Waals surface area contributed by atoms with Crippen molar-refractivity contribution < 1.29 is 0 Å². The minimum atomic E-state index is 0.612. The molecule has 1 aromatic heterocycles. The van der Waals surface area contributed by atoms with E-state index in [0.717, 1.165) is 31.0 Å². The first-order chi connectivity index (χ1) is 14.9. The van der Waals surface area contributed by atoms with Gasteiger partial charge in [-0.05, 0) is 35.2 Å². The monoisotopic (exact) mass is 393 g/mol. The third kappa shape index (κ3) is 3.87. The highest BCUT2D eigenvalue weighted by Crippen LogP contribution is 2.27. The molecule has 0 radical (unpaired) electrons. The number of hydrogen-bond acceptors (Lipinski definition) is 5. The van der Waals surface area contributed by atoms with Crippen LogP contribution in [-0.4, -0.2) is 21.7 Å². The van der Waals surface area contributed by atoms with Gasteiger partial charge in [0.05, 0.1) is 12.7 Å². The molecular weight excluding hydrogens is 370 g/mol. The van der Waals surface area contributed by atoms with Gasteiger partial charge in [0.2, 0.25) is 0 Å². The van der Waals surface area contributed by atoms with E-state index in [1.54, 1.807) is 6.20 Å². The van der Waals surface area contributed by atoms with Gasteiger partial charge in [0.25, 0.3) is 5.95 Å². The van der Waals surface area contributed by atoms with Crippen molar-refractivity contribution in [1.29, 1.82) is 0 Å². The largest absolute Gasteiger partial charge is 0.350 e. The van der Waals surface area contributed by atoms with E-state index < -0.39 is 0 Å². The smallest absolute Gasteiger partial charge is 0.252 e. The Morgan fingerprint density at radius 1 is 0.800 bits per heavy atom. The van der Waals surface area contributed by atoms with Crippen LogP contribution in [-0.2, 0) is 19.5 Å². The Balaban J connectivity index is 1.47. The minimum absolute atomic E-state index is 0.612. The van der Waals surface area contributed by atoms with Crippen LogP contribution >= 0.6 is 0 Å². The van der Waals surface area contributed by atoms with Crippen LogP contribution in [0.15, 0.2) is 91.1 Å². The van der Waals surface area contributed by atoms with Gasteiger partial charge < -0.3 is 9.80 Å². The van der Waals surface area contributed by atoms with Crippen molar-refractivity contribution in [3.05, 3.63) is 108 Å². The van der Waals surface area contributed by atoms with E-state index in [4.69, 9.17) is 4.98 Å². The summed E-state index contributed by atoms with van der Waals surface area (Å²) in [6, 6.07) is 29.2. The van der Waals surface area contributed by atoms with Crippen molar-refractivity contribution in [2.45, 2.75) is 19.5 Å². The second-order valence-corrected chi connectivity index (χ2v) is 7.46. The summed E-state index contributed by atoms with van der Waals surface area (Å²) in [5, 5.41) is 8.70. The lowest BCUT2D eigenvalue weighted by molar-refractivity contribution is 0.711. The fourth-order valence-corrected chi connectivity index (χ4v) is 3.90. The van der Waals surface area contributed by atoms with Crippen LogP contribution in [0.2, 0.25) is 0 Å². The van der Waals surface area contributed by atoms with Crippen molar-refractivity contribution in [1.82, 2.24) is 15.2 Å². The molecule has 148 valence electrons. The van der Waals surface area contributed by atoms with Gasteiger partial charge in [0.15, 0.2) is 5.82 Å². The van der Waals surface area contributed by atoms with E-state index in [0.29, 0.717) is 12.5 Å². The number of fused-ring (bicyclic) bond motifs is 1. The maximum atomic E-state index is 4.92. The first-order valence-corrected chi connectivity index (χ1v) is 10.2. The maximum Gasteiger partial charge on any atom is 0.252 e. The lowest BCUT2D eigenvalue weighted by Crippen LogP contribution is -2.31. The molecule has 1 aliphatic heterocycles. The molecule has 0 unspecified atom stereocenters. The highest BCUT2D eigenvalue weighted by atomic mass is 15.4. The maximum absolute atomic E-state index is 4.92. The molecule has 1 aliphatic rings. The Morgan fingerprint density at radius 3 is 2.30 bits per heavy atom. The molecule has 5 nitrogen and oxygen atoms in total. The van der Waals surface area contributed by atoms with Crippen LogP contribution < -0.4 is 9.80 Å². The number of anilines is 3. The van der Waals surface area contributed by atoms with Crippen LogP contribution in [0, 0.1) is 0 Å². The molecule has 0 fully saturated rings. The molecule has 0 bridgehead atoms. The summed E-state index contributed by atoms with van der Waals surface area (Å²) >= 11 is 0. The molecule has 30 heavy (non-hydrogen) atoms. The zero-order chi connectivity index (χ0) is 20.2. The third-order valence-corrected chi connectivity index (χ3v) is 5.48. The van der Waals surface area contributed by atoms with Gasteiger partial charge in [0.1, 0.15) is 0 Å². The highest BCUT2D eigenvalue weighted by Gasteiger charge is 2.20. The number of para-hydroxylation sites is 1. The summed E-state index contributed by atoms with van der Waals surface area (Å²) in [6.07, 6.45) is 2.78. The highest BCUT2D eigenvalue weighted by molar-refractivity contribution is 5.58. The van der Waals surface area contributed by atoms with Gasteiger partial charge in [-0.1, -0.05) is 72.8 Å². The number of rotatable bonds is 5. The van der Waals surface area contributed by atoms with Crippen molar-refractivity contribution in [3.8, 4) is 0 Å². The van der Waals surface area contributed by atoms with Crippen molar-refractivity contribution in [2.24, 2.45) is 0 Å². The Kier molecular flexibility index (Phi) is 5.08. The molecule has 0 atom stereocenters. The molecule has 0 spiro atoms. The van der Waals surface area contributed by atoms with Crippen LogP contribution in [0.25, 0.3) is 0 Å². The standard InChI is InChI=1S/C25H23N5/c1-3-9-20(10-4-1)18-30(23-13-5-2-6-14-23)25-27-24(17-26-28-25)29-16-15-21-11-7-8-12-22(21)19-29/h1-14,17H,15-16,18-19H2. The fraction of sp³-hybridized carbons (Fsp3) is 0.160. The van der Waals surface area contributed by atoms with Crippen molar-refractivity contribution >= 4 is 17.5 Å². The quantitative estimate of drug-likeness (QED) is 0.489. The van der Waals surface area contributed by atoms with Crippen molar-refractivity contribution in [3.63, 3.8) is 0 Å². The van der Waals surface area contributed by atoms with Gasteiger partial charge >= 0.3 is 0 Å². The fourth-order valence-electron chi connectivity index (χ4n) is 3.90. The van der Waals surface area contributed by atoms with Gasteiger partial charge in [-0.3, -0.25) is 0 Å². The topological polar surface area (TPSA) is 45.2 Å². The van der Waals surface area contributed by atoms with Gasteiger partial charge in [-0.25, -0.2) is 0 Å². The van der Waals surface area contributed by atoms with E-state index in [-0.39, 0.29) is 0 Å². The SMILES string of the molecule is c1ccc(CN(c2ccccc2)c2nncc(N3CCc4ccccc4C3)n2)cc1. The van der Waals surface area contributed by atoms with Crippen LogP contribution in [0.1, 0.15) is 16.7 Å². The van der Waals surface area contributed by atoms with Gasteiger partial charge in [0, 0.05) is 18.8 Å². The Labute approximate surface area is 176 Å². The van der Waals surface area contributed by atoms with E-state index in [2.05, 4.69) is 80.7 Å². The zero-order valence-electron chi connectivity index (χ0n) is 16.7. The lowest BCUT2D eigenvalue weighted by Gasteiger charge is -2.30. The predicted molar refractivity (Wildman–Crippen MR) is 120 cm³/mol. The summed E-state index contributed by atoms with van der Waals surface area (Å²) in [5.74, 6) is 1.48. The van der Waals surface area contributed by atoms with E-state index in [9.17, 15) is 0 Å². The molecule has 5 heteroatoms. The summed E-state index contributed by atoms with van der Waals surface area (Å²) in [4.78, 5) is 9.32. The van der Waals surface area contributed by atoms with Crippen molar-refractivity contribution in [2.75, 3.05) is 16.3 Å². The van der Waals surface area contributed by atoms with E-state index >= 15 is 0 Å². The minimum Gasteiger partial charge on any atom is -0.350 e. The summed E-state index contributed by atoms with van der Waals surface area (Å²) in [7, 11) is 0. The van der Waals surface area contributed by atoms with Crippen LogP contribution in [0.3, 0.4) is 0 Å². The summed E-state index contributed by atoms with van der Waals surface area (Å²) in [6.45, 7) is 2.45. The van der Waals surface area contributed by atoms with E-state index in [1.807, 2.05) is 24.3 Å². The van der Waals surface area contributed by atoms with Gasteiger partial charge in [-0.2, -0.15) is 10.1 Å². The Morgan fingerprint density at radius 2 is 1.50 bits per heavy atom. The second-order valence-electron chi connectivity index (χ2n) is 7.46.